The molecule has 0 bridgehead atoms. The van der Waals surface area contributed by atoms with Gasteiger partial charge in [-0.05, 0) is 36.8 Å². The first kappa shape index (κ1) is 17.3. The standard InChI is InChI=1S/C18H17N5O3/c1-12-16(21-23(20-12)15-5-3-2-4-6-15)18(25)19-11-13-7-9-14(10-8-13)17(24)22-26/h2-10,26H,11H2,1H3,(H,19,25)(H,22,24). The molecule has 1 aromatic heterocycles. The van der Waals surface area contributed by atoms with Gasteiger partial charge in [-0.2, -0.15) is 9.90 Å². The molecule has 3 rings (SSSR count). The van der Waals surface area contributed by atoms with Gasteiger partial charge in [0.05, 0.1) is 11.4 Å². The molecule has 0 saturated heterocycles. The number of carbonyl (C=O) groups is 2. The van der Waals surface area contributed by atoms with Crippen molar-refractivity contribution in [3.05, 3.63) is 77.1 Å². The van der Waals surface area contributed by atoms with Gasteiger partial charge in [-0.25, -0.2) is 5.48 Å². The van der Waals surface area contributed by atoms with E-state index in [1.807, 2.05) is 30.3 Å². The first-order valence-corrected chi connectivity index (χ1v) is 7.89. The van der Waals surface area contributed by atoms with E-state index in [-0.39, 0.29) is 18.1 Å². The molecule has 132 valence electrons. The minimum Gasteiger partial charge on any atom is -0.347 e. The average molecular weight is 351 g/mol. The summed E-state index contributed by atoms with van der Waals surface area (Å²) >= 11 is 0. The maximum Gasteiger partial charge on any atom is 0.274 e. The topological polar surface area (TPSA) is 109 Å². The lowest BCUT2D eigenvalue weighted by Crippen LogP contribution is -2.24. The molecule has 0 fully saturated rings. The Morgan fingerprint density at radius 2 is 1.69 bits per heavy atom. The highest BCUT2D eigenvalue weighted by molar-refractivity contribution is 5.94. The molecule has 0 atom stereocenters. The second-order valence-electron chi connectivity index (χ2n) is 5.58. The molecule has 26 heavy (non-hydrogen) atoms. The molecule has 0 radical (unpaired) electrons. The lowest BCUT2D eigenvalue weighted by atomic mass is 10.1. The lowest BCUT2D eigenvalue weighted by Gasteiger charge is -2.05. The summed E-state index contributed by atoms with van der Waals surface area (Å²) in [5.41, 5.74) is 4.25. The molecule has 0 aliphatic rings. The van der Waals surface area contributed by atoms with Gasteiger partial charge in [0.1, 0.15) is 0 Å². The number of hydrogen-bond acceptors (Lipinski definition) is 5. The van der Waals surface area contributed by atoms with E-state index in [4.69, 9.17) is 5.21 Å². The quantitative estimate of drug-likeness (QED) is 0.478. The van der Waals surface area contributed by atoms with Gasteiger partial charge in [0.15, 0.2) is 5.69 Å². The fourth-order valence-electron chi connectivity index (χ4n) is 2.37. The van der Waals surface area contributed by atoms with Gasteiger partial charge in [0.2, 0.25) is 0 Å². The Hall–Kier alpha value is -3.52. The molecule has 0 aliphatic heterocycles. The van der Waals surface area contributed by atoms with E-state index in [0.29, 0.717) is 11.3 Å². The highest BCUT2D eigenvalue weighted by Gasteiger charge is 2.16. The summed E-state index contributed by atoms with van der Waals surface area (Å²) in [5, 5.41) is 19.9. The molecule has 8 heteroatoms. The van der Waals surface area contributed by atoms with Crippen LogP contribution in [0.15, 0.2) is 54.6 Å². The van der Waals surface area contributed by atoms with Crippen LogP contribution >= 0.6 is 0 Å². The van der Waals surface area contributed by atoms with Crippen LogP contribution in [0.4, 0.5) is 0 Å². The molecule has 0 unspecified atom stereocenters. The maximum atomic E-state index is 12.4. The van der Waals surface area contributed by atoms with Crippen molar-refractivity contribution in [1.82, 2.24) is 25.8 Å². The van der Waals surface area contributed by atoms with Crippen LogP contribution in [0.25, 0.3) is 5.69 Å². The van der Waals surface area contributed by atoms with E-state index in [1.54, 1.807) is 36.7 Å². The number of para-hydroxylation sites is 1. The number of aromatic nitrogens is 3. The van der Waals surface area contributed by atoms with Gasteiger partial charge >= 0.3 is 0 Å². The van der Waals surface area contributed by atoms with Gasteiger partial charge in [0.25, 0.3) is 11.8 Å². The Bertz CT molecular complexity index is 920. The SMILES string of the molecule is Cc1nn(-c2ccccc2)nc1C(=O)NCc1ccc(C(=O)NO)cc1. The normalized spacial score (nSPS) is 10.4. The van der Waals surface area contributed by atoms with Crippen LogP contribution in [0.5, 0.6) is 0 Å². The number of hydrogen-bond donors (Lipinski definition) is 3. The predicted molar refractivity (Wildman–Crippen MR) is 93.0 cm³/mol. The van der Waals surface area contributed by atoms with Crippen LogP contribution in [0, 0.1) is 6.92 Å². The Balaban J connectivity index is 1.67. The van der Waals surface area contributed by atoms with Crippen LogP contribution in [0.2, 0.25) is 0 Å². The largest absolute Gasteiger partial charge is 0.347 e. The fraction of sp³-hybridized carbons (Fsp3) is 0.111. The second kappa shape index (κ2) is 7.58. The van der Waals surface area contributed by atoms with Crippen molar-refractivity contribution in [2.75, 3.05) is 0 Å². The molecule has 2 aromatic carbocycles. The predicted octanol–water partition coefficient (Wildman–Crippen LogP) is 1.62. The van der Waals surface area contributed by atoms with Crippen LogP contribution in [-0.4, -0.2) is 32.0 Å². The highest BCUT2D eigenvalue weighted by atomic mass is 16.5. The molecule has 2 amide bonds. The molecule has 3 aromatic rings. The molecule has 0 aliphatic carbocycles. The third-order valence-corrected chi connectivity index (χ3v) is 3.76. The zero-order chi connectivity index (χ0) is 18.5. The Morgan fingerprint density at radius 1 is 1.00 bits per heavy atom. The first-order chi connectivity index (χ1) is 12.6. The van der Waals surface area contributed by atoms with Crippen molar-refractivity contribution in [3.63, 3.8) is 0 Å². The highest BCUT2D eigenvalue weighted by Crippen LogP contribution is 2.09. The van der Waals surface area contributed by atoms with Crippen molar-refractivity contribution >= 4 is 11.8 Å². The van der Waals surface area contributed by atoms with E-state index < -0.39 is 5.91 Å². The lowest BCUT2D eigenvalue weighted by molar-refractivity contribution is 0.0706. The van der Waals surface area contributed by atoms with Gasteiger partial charge in [-0.3, -0.25) is 14.8 Å². The summed E-state index contributed by atoms with van der Waals surface area (Å²) in [4.78, 5) is 25.1. The summed E-state index contributed by atoms with van der Waals surface area (Å²) in [5.74, 6) is -0.921. The summed E-state index contributed by atoms with van der Waals surface area (Å²) in [7, 11) is 0. The molecule has 1 heterocycles. The minimum absolute atomic E-state index is 0.255. The molecule has 0 spiro atoms. The summed E-state index contributed by atoms with van der Waals surface area (Å²) in [6.45, 7) is 2.00. The Morgan fingerprint density at radius 3 is 2.35 bits per heavy atom. The minimum atomic E-state index is -0.589. The molecular weight excluding hydrogens is 334 g/mol. The van der Waals surface area contributed by atoms with Gasteiger partial charge in [-0.15, -0.1) is 5.10 Å². The van der Waals surface area contributed by atoms with Gasteiger partial charge in [0, 0.05) is 12.1 Å². The van der Waals surface area contributed by atoms with E-state index >= 15 is 0 Å². The van der Waals surface area contributed by atoms with E-state index in [9.17, 15) is 9.59 Å². The Labute approximate surface area is 149 Å². The monoisotopic (exact) mass is 351 g/mol. The number of carbonyl (C=O) groups excluding carboxylic acids is 2. The number of benzene rings is 2. The molecular formula is C18H17N5O3. The molecule has 8 nitrogen and oxygen atoms in total. The van der Waals surface area contributed by atoms with Crippen LogP contribution in [-0.2, 0) is 6.54 Å². The number of rotatable bonds is 5. The molecule has 3 N–H and O–H groups in total. The first-order valence-electron chi connectivity index (χ1n) is 7.89. The zero-order valence-corrected chi connectivity index (χ0v) is 14.0. The fourth-order valence-corrected chi connectivity index (χ4v) is 2.37. The third-order valence-electron chi connectivity index (χ3n) is 3.76. The maximum absolute atomic E-state index is 12.4. The van der Waals surface area contributed by atoms with Crippen molar-refractivity contribution < 1.29 is 14.8 Å². The Kier molecular flexibility index (Phi) is 5.04. The van der Waals surface area contributed by atoms with Crippen LogP contribution in [0.1, 0.15) is 32.1 Å². The van der Waals surface area contributed by atoms with Crippen molar-refractivity contribution in [3.8, 4) is 5.69 Å². The smallest absolute Gasteiger partial charge is 0.274 e. The van der Waals surface area contributed by atoms with E-state index in [0.717, 1.165) is 11.3 Å². The van der Waals surface area contributed by atoms with Crippen LogP contribution in [0.3, 0.4) is 0 Å². The third kappa shape index (κ3) is 3.76. The van der Waals surface area contributed by atoms with Crippen molar-refractivity contribution in [2.45, 2.75) is 13.5 Å². The zero-order valence-electron chi connectivity index (χ0n) is 14.0. The van der Waals surface area contributed by atoms with E-state index in [1.165, 1.54) is 4.80 Å². The summed E-state index contributed by atoms with van der Waals surface area (Å²) in [6, 6.07) is 15.8. The van der Waals surface area contributed by atoms with Crippen molar-refractivity contribution in [2.24, 2.45) is 0 Å². The number of nitrogens with one attached hydrogen (secondary N) is 2. The van der Waals surface area contributed by atoms with Crippen molar-refractivity contribution in [1.29, 1.82) is 0 Å². The number of amides is 2. The number of nitrogens with zero attached hydrogens (tertiary/aromatic N) is 3. The molecule has 0 saturated carbocycles. The van der Waals surface area contributed by atoms with Gasteiger partial charge < -0.3 is 5.32 Å². The second-order valence-corrected chi connectivity index (χ2v) is 5.58. The van der Waals surface area contributed by atoms with Gasteiger partial charge in [-0.1, -0.05) is 30.3 Å². The number of aryl methyl sites for hydroxylation is 1. The average Bonchev–Trinajstić information content (AvgIpc) is 3.08. The summed E-state index contributed by atoms with van der Waals surface area (Å²) < 4.78 is 0. The number of hydroxylamine groups is 1. The van der Waals surface area contributed by atoms with E-state index in [2.05, 4.69) is 15.5 Å². The summed E-state index contributed by atoms with van der Waals surface area (Å²) in [6.07, 6.45) is 0. The van der Waals surface area contributed by atoms with Crippen LogP contribution < -0.4 is 10.8 Å².